The molecule has 0 fully saturated rings. The minimum absolute atomic E-state index is 0.0219. The Balaban J connectivity index is 2.37. The van der Waals surface area contributed by atoms with E-state index in [9.17, 15) is 4.79 Å². The lowest BCUT2D eigenvalue weighted by molar-refractivity contribution is -0.116. The maximum atomic E-state index is 11.5. The second kappa shape index (κ2) is 7.81. The van der Waals surface area contributed by atoms with E-state index in [0.29, 0.717) is 19.6 Å². The fraction of sp³-hybridized carbons (Fsp3) is 0.462. The van der Waals surface area contributed by atoms with Gasteiger partial charge in [0.05, 0.1) is 0 Å². The number of rotatable bonds is 7. The molecule has 1 aromatic rings. The Morgan fingerprint density at radius 3 is 2.65 bits per heavy atom. The highest BCUT2D eigenvalue weighted by molar-refractivity contribution is 5.90. The maximum absolute atomic E-state index is 11.5. The van der Waals surface area contributed by atoms with Gasteiger partial charge in [0, 0.05) is 25.8 Å². The van der Waals surface area contributed by atoms with Gasteiger partial charge in [-0.1, -0.05) is 12.1 Å². The minimum Gasteiger partial charge on any atom is -0.385 e. The van der Waals surface area contributed by atoms with Crippen molar-refractivity contribution in [2.75, 3.05) is 25.6 Å². The minimum atomic E-state index is 0.0219. The van der Waals surface area contributed by atoms with Gasteiger partial charge in [0.2, 0.25) is 5.91 Å². The highest BCUT2D eigenvalue weighted by atomic mass is 16.5. The number of nitrogens with two attached hydrogens (primary N) is 1. The number of methoxy groups -OCH3 is 1. The Hall–Kier alpha value is -1.39. The zero-order chi connectivity index (χ0) is 12.5. The largest absolute Gasteiger partial charge is 0.385 e. The monoisotopic (exact) mass is 236 g/mol. The third kappa shape index (κ3) is 5.47. The van der Waals surface area contributed by atoms with Gasteiger partial charge in [-0.25, -0.2) is 0 Å². The van der Waals surface area contributed by atoms with E-state index in [4.69, 9.17) is 10.5 Å². The van der Waals surface area contributed by atoms with Crippen LogP contribution in [-0.4, -0.2) is 26.2 Å². The lowest BCUT2D eigenvalue weighted by Gasteiger charge is -2.06. The van der Waals surface area contributed by atoms with Gasteiger partial charge < -0.3 is 15.8 Å². The topological polar surface area (TPSA) is 64.3 Å². The van der Waals surface area contributed by atoms with Crippen LogP contribution in [0.2, 0.25) is 0 Å². The summed E-state index contributed by atoms with van der Waals surface area (Å²) in [6.07, 6.45) is 2.09. The SMILES string of the molecule is COCCCC(=O)Nc1ccc(CCN)cc1. The van der Waals surface area contributed by atoms with E-state index in [2.05, 4.69) is 5.32 Å². The first-order chi connectivity index (χ1) is 8.26. The van der Waals surface area contributed by atoms with Gasteiger partial charge in [-0.15, -0.1) is 0 Å². The van der Waals surface area contributed by atoms with E-state index < -0.39 is 0 Å². The summed E-state index contributed by atoms with van der Waals surface area (Å²) in [7, 11) is 1.63. The van der Waals surface area contributed by atoms with E-state index in [1.807, 2.05) is 24.3 Å². The predicted octanol–water partition coefficient (Wildman–Crippen LogP) is 1.55. The lowest BCUT2D eigenvalue weighted by atomic mass is 10.1. The summed E-state index contributed by atoms with van der Waals surface area (Å²) < 4.78 is 4.89. The number of amides is 1. The maximum Gasteiger partial charge on any atom is 0.224 e. The summed E-state index contributed by atoms with van der Waals surface area (Å²) in [6.45, 7) is 1.26. The Bertz CT molecular complexity index is 336. The summed E-state index contributed by atoms with van der Waals surface area (Å²) in [5.41, 5.74) is 7.48. The van der Waals surface area contributed by atoms with Crippen LogP contribution in [0.4, 0.5) is 5.69 Å². The highest BCUT2D eigenvalue weighted by Gasteiger charge is 2.01. The smallest absolute Gasteiger partial charge is 0.224 e. The number of nitrogens with one attached hydrogen (secondary N) is 1. The van der Waals surface area contributed by atoms with Gasteiger partial charge in [0.1, 0.15) is 0 Å². The van der Waals surface area contributed by atoms with Gasteiger partial charge >= 0.3 is 0 Å². The summed E-state index contributed by atoms with van der Waals surface area (Å²) in [5, 5.41) is 2.84. The zero-order valence-corrected chi connectivity index (χ0v) is 10.2. The van der Waals surface area contributed by atoms with Crippen molar-refractivity contribution in [1.29, 1.82) is 0 Å². The first kappa shape index (κ1) is 13.7. The molecule has 4 heteroatoms. The summed E-state index contributed by atoms with van der Waals surface area (Å²) in [6, 6.07) is 7.77. The molecule has 1 amide bonds. The molecule has 0 aliphatic heterocycles. The molecule has 17 heavy (non-hydrogen) atoms. The van der Waals surface area contributed by atoms with E-state index >= 15 is 0 Å². The fourth-order valence-electron chi connectivity index (χ4n) is 1.52. The molecular weight excluding hydrogens is 216 g/mol. The van der Waals surface area contributed by atoms with Gasteiger partial charge in [0.25, 0.3) is 0 Å². The van der Waals surface area contributed by atoms with Gasteiger partial charge in [-0.3, -0.25) is 4.79 Å². The molecule has 0 aliphatic rings. The summed E-state index contributed by atoms with van der Waals surface area (Å²) >= 11 is 0. The lowest BCUT2D eigenvalue weighted by Crippen LogP contribution is -2.12. The van der Waals surface area contributed by atoms with Crippen molar-refractivity contribution in [2.45, 2.75) is 19.3 Å². The average Bonchev–Trinajstić information content (AvgIpc) is 2.32. The Morgan fingerprint density at radius 1 is 1.35 bits per heavy atom. The van der Waals surface area contributed by atoms with Crippen molar-refractivity contribution in [1.82, 2.24) is 0 Å². The van der Waals surface area contributed by atoms with Crippen LogP contribution in [-0.2, 0) is 16.0 Å². The molecule has 0 radical (unpaired) electrons. The van der Waals surface area contributed by atoms with Crippen LogP contribution in [0.1, 0.15) is 18.4 Å². The predicted molar refractivity (Wildman–Crippen MR) is 68.9 cm³/mol. The average molecular weight is 236 g/mol. The zero-order valence-electron chi connectivity index (χ0n) is 10.2. The van der Waals surface area contributed by atoms with Crippen LogP contribution in [0, 0.1) is 0 Å². The van der Waals surface area contributed by atoms with Crippen LogP contribution in [0.25, 0.3) is 0 Å². The standard InChI is InChI=1S/C13H20N2O2/c1-17-10-2-3-13(16)15-12-6-4-11(5-7-12)8-9-14/h4-7H,2-3,8-10,14H2,1H3,(H,15,16). The van der Waals surface area contributed by atoms with E-state index in [0.717, 1.165) is 18.5 Å². The number of benzene rings is 1. The van der Waals surface area contributed by atoms with E-state index in [1.54, 1.807) is 7.11 Å². The third-order valence-electron chi connectivity index (χ3n) is 2.42. The first-order valence-corrected chi connectivity index (χ1v) is 5.84. The van der Waals surface area contributed by atoms with E-state index in [-0.39, 0.29) is 5.91 Å². The number of hydrogen-bond acceptors (Lipinski definition) is 3. The van der Waals surface area contributed by atoms with E-state index in [1.165, 1.54) is 5.56 Å². The number of hydrogen-bond donors (Lipinski definition) is 2. The molecular formula is C13H20N2O2. The normalized spacial score (nSPS) is 10.2. The molecule has 4 nitrogen and oxygen atoms in total. The quantitative estimate of drug-likeness (QED) is 0.706. The van der Waals surface area contributed by atoms with Crippen LogP contribution in [0.5, 0.6) is 0 Å². The molecule has 0 heterocycles. The number of carbonyl (C=O) groups excluding carboxylic acids is 1. The molecule has 0 saturated carbocycles. The molecule has 94 valence electrons. The fourth-order valence-corrected chi connectivity index (χ4v) is 1.52. The summed E-state index contributed by atoms with van der Waals surface area (Å²) in [4.78, 5) is 11.5. The second-order valence-electron chi connectivity index (χ2n) is 3.88. The summed E-state index contributed by atoms with van der Waals surface area (Å²) in [5.74, 6) is 0.0219. The molecule has 0 bridgehead atoms. The Morgan fingerprint density at radius 2 is 2.06 bits per heavy atom. The van der Waals surface area contributed by atoms with Crippen molar-refractivity contribution >= 4 is 11.6 Å². The Kier molecular flexibility index (Phi) is 6.29. The van der Waals surface area contributed by atoms with Crippen LogP contribution < -0.4 is 11.1 Å². The van der Waals surface area contributed by atoms with Crippen molar-refractivity contribution in [3.63, 3.8) is 0 Å². The number of carbonyl (C=O) groups is 1. The molecule has 0 atom stereocenters. The van der Waals surface area contributed by atoms with Crippen molar-refractivity contribution in [3.8, 4) is 0 Å². The molecule has 0 aromatic heterocycles. The molecule has 0 aliphatic carbocycles. The van der Waals surface area contributed by atoms with Gasteiger partial charge in [-0.2, -0.15) is 0 Å². The number of ether oxygens (including phenoxy) is 1. The molecule has 0 saturated heterocycles. The third-order valence-corrected chi connectivity index (χ3v) is 2.42. The van der Waals surface area contributed by atoms with Crippen molar-refractivity contribution in [3.05, 3.63) is 29.8 Å². The van der Waals surface area contributed by atoms with Crippen molar-refractivity contribution < 1.29 is 9.53 Å². The molecule has 3 N–H and O–H groups in total. The molecule has 1 rings (SSSR count). The second-order valence-corrected chi connectivity index (χ2v) is 3.88. The number of anilines is 1. The highest BCUT2D eigenvalue weighted by Crippen LogP contribution is 2.10. The van der Waals surface area contributed by atoms with Crippen LogP contribution in [0.15, 0.2) is 24.3 Å². The van der Waals surface area contributed by atoms with Crippen LogP contribution >= 0.6 is 0 Å². The van der Waals surface area contributed by atoms with Gasteiger partial charge in [-0.05, 0) is 37.1 Å². The van der Waals surface area contributed by atoms with Crippen molar-refractivity contribution in [2.24, 2.45) is 5.73 Å². The Labute approximate surface area is 102 Å². The van der Waals surface area contributed by atoms with Crippen LogP contribution in [0.3, 0.4) is 0 Å². The molecule has 1 aromatic carbocycles. The molecule has 0 spiro atoms. The first-order valence-electron chi connectivity index (χ1n) is 5.84. The molecule has 0 unspecified atom stereocenters. The van der Waals surface area contributed by atoms with Gasteiger partial charge in [0.15, 0.2) is 0 Å².